The average molecular weight is 311 g/mol. The lowest BCUT2D eigenvalue weighted by atomic mass is 9.82. The number of hydrogen-bond acceptors (Lipinski definition) is 2. The number of aliphatic hydroxyl groups excluding tert-OH is 1. The maximum absolute atomic E-state index is 10.4. The van der Waals surface area contributed by atoms with Crippen LogP contribution in [0.2, 0.25) is 5.02 Å². The molecule has 1 aromatic rings. The predicted molar refractivity (Wildman–Crippen MR) is 88.2 cm³/mol. The molecule has 0 fully saturated rings. The lowest BCUT2D eigenvalue weighted by Crippen LogP contribution is -2.19. The molecule has 2 rings (SSSR count). The Bertz CT molecular complexity index is 491. The van der Waals surface area contributed by atoms with Gasteiger partial charge in [-0.05, 0) is 47.4 Å². The van der Waals surface area contributed by atoms with Crippen LogP contribution in [-0.2, 0) is 12.8 Å². The average Bonchev–Trinajstić information content (AvgIpc) is 2.73. The zero-order valence-electron chi connectivity index (χ0n) is 13.6. The number of hydrogen-bond donors (Lipinski definition) is 1. The van der Waals surface area contributed by atoms with Crippen molar-refractivity contribution in [1.82, 2.24) is 0 Å². The third kappa shape index (κ3) is 4.89. The van der Waals surface area contributed by atoms with Crippen molar-refractivity contribution in [3.8, 4) is 5.75 Å². The highest BCUT2D eigenvalue weighted by atomic mass is 35.5. The molecule has 0 radical (unpaired) electrons. The van der Waals surface area contributed by atoms with E-state index in [4.69, 9.17) is 16.3 Å². The maximum Gasteiger partial charge on any atom is 0.126 e. The summed E-state index contributed by atoms with van der Waals surface area (Å²) >= 11 is 6.17. The summed E-state index contributed by atoms with van der Waals surface area (Å²) in [6.45, 7) is 9.67. The molecule has 0 aromatic heterocycles. The van der Waals surface area contributed by atoms with E-state index in [2.05, 4.69) is 27.7 Å². The van der Waals surface area contributed by atoms with Gasteiger partial charge in [-0.3, -0.25) is 0 Å². The Hall–Kier alpha value is -0.730. The highest BCUT2D eigenvalue weighted by molar-refractivity contribution is 6.30. The molecule has 1 aliphatic rings. The number of ether oxygens (including phenoxy) is 1. The molecular weight excluding hydrogens is 284 g/mol. The van der Waals surface area contributed by atoms with Crippen LogP contribution in [0.5, 0.6) is 5.75 Å². The molecule has 0 saturated heterocycles. The molecule has 0 bridgehead atoms. The van der Waals surface area contributed by atoms with Crippen molar-refractivity contribution in [3.05, 3.63) is 28.3 Å². The number of fused-ring (bicyclic) bond motifs is 1. The van der Waals surface area contributed by atoms with E-state index in [1.165, 1.54) is 5.56 Å². The summed E-state index contributed by atoms with van der Waals surface area (Å²) in [7, 11) is 0. The number of aliphatic hydroxyl groups is 1. The molecule has 0 aliphatic carbocycles. The monoisotopic (exact) mass is 310 g/mol. The van der Waals surface area contributed by atoms with Crippen LogP contribution in [0.1, 0.15) is 51.7 Å². The minimum absolute atomic E-state index is 0.305. The summed E-state index contributed by atoms with van der Waals surface area (Å²) in [5, 5.41) is 11.1. The van der Waals surface area contributed by atoms with Crippen LogP contribution in [0.3, 0.4) is 0 Å². The van der Waals surface area contributed by atoms with Crippen LogP contribution < -0.4 is 4.74 Å². The van der Waals surface area contributed by atoms with Crippen LogP contribution in [0.25, 0.3) is 0 Å². The van der Waals surface area contributed by atoms with Gasteiger partial charge in [-0.1, -0.05) is 39.3 Å². The molecule has 118 valence electrons. The van der Waals surface area contributed by atoms with E-state index >= 15 is 0 Å². The van der Waals surface area contributed by atoms with Crippen molar-refractivity contribution < 1.29 is 9.84 Å². The second-order valence-electron chi connectivity index (χ2n) is 7.62. The second-order valence-corrected chi connectivity index (χ2v) is 8.05. The SMILES string of the molecule is CC(CC(O)Cc1cc(Cl)cc2c1OCC2)CC(C)(C)C. The standard InChI is InChI=1S/C18H27ClO2/c1-12(11-18(2,3)4)7-16(20)10-14-9-15(19)8-13-5-6-21-17(13)14/h8-9,12,16,20H,5-7,10-11H2,1-4H3. The van der Waals surface area contributed by atoms with Gasteiger partial charge in [0.2, 0.25) is 0 Å². The number of rotatable bonds is 5. The fourth-order valence-corrected chi connectivity index (χ4v) is 3.69. The van der Waals surface area contributed by atoms with Gasteiger partial charge >= 0.3 is 0 Å². The zero-order chi connectivity index (χ0) is 15.6. The minimum atomic E-state index is -0.339. The van der Waals surface area contributed by atoms with Gasteiger partial charge in [0.25, 0.3) is 0 Å². The first kappa shape index (κ1) is 16.6. The van der Waals surface area contributed by atoms with E-state index in [-0.39, 0.29) is 6.10 Å². The van der Waals surface area contributed by atoms with E-state index in [1.54, 1.807) is 0 Å². The van der Waals surface area contributed by atoms with Gasteiger partial charge in [0.15, 0.2) is 0 Å². The Balaban J connectivity index is 1.99. The van der Waals surface area contributed by atoms with E-state index in [0.717, 1.165) is 42.2 Å². The summed E-state index contributed by atoms with van der Waals surface area (Å²) in [4.78, 5) is 0. The van der Waals surface area contributed by atoms with Crippen LogP contribution in [-0.4, -0.2) is 17.8 Å². The fraction of sp³-hybridized carbons (Fsp3) is 0.667. The molecule has 2 unspecified atom stereocenters. The molecule has 1 heterocycles. The summed E-state index contributed by atoms with van der Waals surface area (Å²) in [6, 6.07) is 3.91. The van der Waals surface area contributed by atoms with Crippen LogP contribution >= 0.6 is 11.6 Å². The molecule has 2 nitrogen and oxygen atoms in total. The molecule has 2 atom stereocenters. The number of halogens is 1. The smallest absolute Gasteiger partial charge is 0.126 e. The van der Waals surface area contributed by atoms with Gasteiger partial charge in [-0.15, -0.1) is 0 Å². The van der Waals surface area contributed by atoms with Crippen molar-refractivity contribution in [2.24, 2.45) is 11.3 Å². The summed E-state index contributed by atoms with van der Waals surface area (Å²) in [6.07, 6.45) is 3.14. The van der Waals surface area contributed by atoms with Gasteiger partial charge in [0.05, 0.1) is 12.7 Å². The molecule has 1 aliphatic heterocycles. The first-order chi connectivity index (χ1) is 9.74. The van der Waals surface area contributed by atoms with Gasteiger partial charge in [-0.25, -0.2) is 0 Å². The van der Waals surface area contributed by atoms with E-state index in [0.29, 0.717) is 17.8 Å². The van der Waals surface area contributed by atoms with Crippen LogP contribution in [0, 0.1) is 11.3 Å². The van der Waals surface area contributed by atoms with E-state index in [1.807, 2.05) is 12.1 Å². The summed E-state index contributed by atoms with van der Waals surface area (Å²) < 4.78 is 5.70. The molecule has 0 spiro atoms. The van der Waals surface area contributed by atoms with Crippen molar-refractivity contribution >= 4 is 11.6 Å². The molecule has 21 heavy (non-hydrogen) atoms. The molecular formula is C18H27ClO2. The Labute approximate surface area is 133 Å². The normalized spacial score (nSPS) is 17.2. The Morgan fingerprint density at radius 2 is 2.05 bits per heavy atom. The third-order valence-electron chi connectivity index (χ3n) is 3.92. The van der Waals surface area contributed by atoms with Gasteiger partial charge < -0.3 is 9.84 Å². The summed E-state index contributed by atoms with van der Waals surface area (Å²) in [5.74, 6) is 1.45. The fourth-order valence-electron chi connectivity index (χ4n) is 3.43. The largest absolute Gasteiger partial charge is 0.493 e. The zero-order valence-corrected chi connectivity index (χ0v) is 14.3. The Morgan fingerprint density at radius 1 is 1.33 bits per heavy atom. The highest BCUT2D eigenvalue weighted by Gasteiger charge is 2.22. The second kappa shape index (κ2) is 6.58. The van der Waals surface area contributed by atoms with Crippen molar-refractivity contribution in [1.29, 1.82) is 0 Å². The topological polar surface area (TPSA) is 29.5 Å². The third-order valence-corrected chi connectivity index (χ3v) is 4.13. The summed E-state index contributed by atoms with van der Waals surface area (Å²) in [5.41, 5.74) is 2.53. The maximum atomic E-state index is 10.4. The van der Waals surface area contributed by atoms with Crippen molar-refractivity contribution in [3.63, 3.8) is 0 Å². The molecule has 3 heteroatoms. The van der Waals surface area contributed by atoms with E-state index < -0.39 is 0 Å². The van der Waals surface area contributed by atoms with Crippen molar-refractivity contribution in [2.75, 3.05) is 6.61 Å². The van der Waals surface area contributed by atoms with Crippen LogP contribution in [0.15, 0.2) is 12.1 Å². The Morgan fingerprint density at radius 3 is 2.71 bits per heavy atom. The Kier molecular flexibility index (Phi) is 5.21. The lowest BCUT2D eigenvalue weighted by Gasteiger charge is -2.25. The minimum Gasteiger partial charge on any atom is -0.493 e. The molecule has 0 saturated carbocycles. The van der Waals surface area contributed by atoms with Gasteiger partial charge in [0.1, 0.15) is 5.75 Å². The molecule has 1 aromatic carbocycles. The predicted octanol–water partition coefficient (Wildman–Crippen LogP) is 4.64. The van der Waals surface area contributed by atoms with Gasteiger partial charge in [0, 0.05) is 17.9 Å². The first-order valence-corrected chi connectivity index (χ1v) is 8.24. The lowest BCUT2D eigenvalue weighted by molar-refractivity contribution is 0.132. The van der Waals surface area contributed by atoms with Crippen molar-refractivity contribution in [2.45, 2.75) is 59.5 Å². The quantitative estimate of drug-likeness (QED) is 0.858. The molecule has 0 amide bonds. The highest BCUT2D eigenvalue weighted by Crippen LogP contribution is 2.34. The van der Waals surface area contributed by atoms with Crippen LogP contribution in [0.4, 0.5) is 0 Å². The number of benzene rings is 1. The molecule has 1 N–H and O–H groups in total. The van der Waals surface area contributed by atoms with E-state index in [9.17, 15) is 5.11 Å². The van der Waals surface area contributed by atoms with Gasteiger partial charge in [-0.2, -0.15) is 0 Å². The first-order valence-electron chi connectivity index (χ1n) is 7.87.